The van der Waals surface area contributed by atoms with E-state index in [0.717, 1.165) is 12.8 Å². The van der Waals surface area contributed by atoms with Gasteiger partial charge in [-0.2, -0.15) is 0 Å². The molecular formula is C18H17FO4. The van der Waals surface area contributed by atoms with Gasteiger partial charge in [0, 0.05) is 0 Å². The number of hydrogen-bond donors (Lipinski definition) is 0. The number of hydrogen-bond acceptors (Lipinski definition) is 4. The molecule has 2 aromatic carbocycles. The summed E-state index contributed by atoms with van der Waals surface area (Å²) in [5, 5.41) is 0. The number of unbranched alkanes of at least 4 members (excludes halogenated alkanes) is 1. The Bertz CT molecular complexity index is 680. The van der Waals surface area contributed by atoms with Crippen LogP contribution in [0.15, 0.2) is 48.5 Å². The van der Waals surface area contributed by atoms with Gasteiger partial charge in [-0.15, -0.1) is 0 Å². The molecule has 0 spiro atoms. The van der Waals surface area contributed by atoms with E-state index >= 15 is 0 Å². The average molecular weight is 316 g/mol. The minimum absolute atomic E-state index is 0.143. The smallest absolute Gasteiger partial charge is 0.346 e. The first kappa shape index (κ1) is 16.7. The van der Waals surface area contributed by atoms with E-state index < -0.39 is 17.8 Å². The van der Waals surface area contributed by atoms with E-state index in [1.165, 1.54) is 42.5 Å². The van der Waals surface area contributed by atoms with E-state index in [4.69, 9.17) is 9.47 Å². The van der Waals surface area contributed by atoms with Crippen LogP contribution in [0.25, 0.3) is 0 Å². The van der Waals surface area contributed by atoms with Gasteiger partial charge in [-0.05, 0) is 42.8 Å². The van der Waals surface area contributed by atoms with Crippen molar-refractivity contribution >= 4 is 11.9 Å². The van der Waals surface area contributed by atoms with Gasteiger partial charge >= 0.3 is 11.9 Å². The van der Waals surface area contributed by atoms with E-state index in [-0.39, 0.29) is 11.3 Å². The van der Waals surface area contributed by atoms with Gasteiger partial charge in [0.1, 0.15) is 11.6 Å². The van der Waals surface area contributed by atoms with Crippen LogP contribution in [0.1, 0.15) is 40.5 Å². The Hall–Kier alpha value is -2.69. The highest BCUT2D eigenvalue weighted by molar-refractivity contribution is 5.92. The lowest BCUT2D eigenvalue weighted by Gasteiger charge is -2.07. The number of halogens is 1. The molecule has 0 radical (unpaired) electrons. The maximum atomic E-state index is 13.5. The van der Waals surface area contributed by atoms with Crippen LogP contribution < -0.4 is 4.74 Å². The molecule has 0 fully saturated rings. The molecule has 0 N–H and O–H groups in total. The molecule has 0 saturated carbocycles. The lowest BCUT2D eigenvalue weighted by Crippen LogP contribution is -2.11. The van der Waals surface area contributed by atoms with Crippen LogP contribution in [0.2, 0.25) is 0 Å². The number of carbonyl (C=O) groups excluding carboxylic acids is 2. The van der Waals surface area contributed by atoms with Gasteiger partial charge in [-0.1, -0.05) is 25.5 Å². The molecule has 0 aliphatic carbocycles. The predicted molar refractivity (Wildman–Crippen MR) is 83.0 cm³/mol. The summed E-state index contributed by atoms with van der Waals surface area (Å²) in [5.74, 6) is -1.64. The molecule has 0 unspecified atom stereocenters. The normalized spacial score (nSPS) is 10.2. The second kappa shape index (κ2) is 8.08. The van der Waals surface area contributed by atoms with Crippen LogP contribution in [0.3, 0.4) is 0 Å². The molecule has 0 aliphatic rings. The van der Waals surface area contributed by atoms with Crippen LogP contribution >= 0.6 is 0 Å². The zero-order chi connectivity index (χ0) is 16.7. The van der Waals surface area contributed by atoms with Gasteiger partial charge in [-0.25, -0.2) is 14.0 Å². The first-order valence-electron chi connectivity index (χ1n) is 7.35. The van der Waals surface area contributed by atoms with Gasteiger partial charge in [0.2, 0.25) is 0 Å². The molecule has 2 aromatic rings. The van der Waals surface area contributed by atoms with Crippen LogP contribution in [0.5, 0.6) is 5.75 Å². The van der Waals surface area contributed by atoms with Gasteiger partial charge in [-0.3, -0.25) is 0 Å². The molecule has 0 bridgehead atoms. The molecular weight excluding hydrogens is 299 g/mol. The Morgan fingerprint density at radius 2 is 1.70 bits per heavy atom. The van der Waals surface area contributed by atoms with Crippen molar-refractivity contribution in [3.05, 3.63) is 65.5 Å². The molecule has 0 saturated heterocycles. The van der Waals surface area contributed by atoms with Crippen molar-refractivity contribution in [2.24, 2.45) is 0 Å². The summed E-state index contributed by atoms with van der Waals surface area (Å²) >= 11 is 0. The number of carbonyl (C=O) groups is 2. The molecule has 0 aliphatic heterocycles. The Morgan fingerprint density at radius 1 is 1.00 bits per heavy atom. The first-order valence-corrected chi connectivity index (χ1v) is 7.35. The van der Waals surface area contributed by atoms with Gasteiger partial charge in [0.15, 0.2) is 0 Å². The Balaban J connectivity index is 1.99. The molecule has 4 nitrogen and oxygen atoms in total. The highest BCUT2D eigenvalue weighted by atomic mass is 19.1. The number of benzene rings is 2. The third-order valence-electron chi connectivity index (χ3n) is 3.13. The van der Waals surface area contributed by atoms with Crippen molar-refractivity contribution in [3.63, 3.8) is 0 Å². The zero-order valence-electron chi connectivity index (χ0n) is 12.8. The fourth-order valence-electron chi connectivity index (χ4n) is 1.84. The van der Waals surface area contributed by atoms with Crippen molar-refractivity contribution in [1.82, 2.24) is 0 Å². The molecule has 0 amide bonds. The monoisotopic (exact) mass is 316 g/mol. The molecule has 5 heteroatoms. The Kier molecular flexibility index (Phi) is 5.86. The molecule has 0 atom stereocenters. The van der Waals surface area contributed by atoms with E-state index in [9.17, 15) is 14.0 Å². The summed E-state index contributed by atoms with van der Waals surface area (Å²) in [6, 6.07) is 11.5. The summed E-state index contributed by atoms with van der Waals surface area (Å²) in [4.78, 5) is 23.6. The highest BCUT2D eigenvalue weighted by Gasteiger charge is 2.14. The van der Waals surface area contributed by atoms with Crippen LogP contribution in [0.4, 0.5) is 4.39 Å². The minimum atomic E-state index is -0.790. The minimum Gasteiger partial charge on any atom is -0.462 e. The number of esters is 2. The third kappa shape index (κ3) is 4.64. The van der Waals surface area contributed by atoms with Crippen LogP contribution in [-0.4, -0.2) is 18.5 Å². The second-order valence-electron chi connectivity index (χ2n) is 4.88. The van der Waals surface area contributed by atoms with Crippen molar-refractivity contribution < 1.29 is 23.5 Å². The van der Waals surface area contributed by atoms with Crippen molar-refractivity contribution in [2.75, 3.05) is 6.61 Å². The quantitative estimate of drug-likeness (QED) is 0.459. The van der Waals surface area contributed by atoms with E-state index in [0.29, 0.717) is 12.2 Å². The lowest BCUT2D eigenvalue weighted by molar-refractivity contribution is 0.0499. The summed E-state index contributed by atoms with van der Waals surface area (Å²) in [6.45, 7) is 2.38. The van der Waals surface area contributed by atoms with Gasteiger partial charge < -0.3 is 9.47 Å². The van der Waals surface area contributed by atoms with Crippen LogP contribution in [0, 0.1) is 5.82 Å². The highest BCUT2D eigenvalue weighted by Crippen LogP contribution is 2.16. The van der Waals surface area contributed by atoms with Crippen molar-refractivity contribution in [2.45, 2.75) is 19.8 Å². The second-order valence-corrected chi connectivity index (χ2v) is 4.88. The number of ether oxygens (including phenoxy) is 2. The SMILES string of the molecule is CCCCOC(=O)c1ccc(OC(=O)c2ccccc2F)cc1. The summed E-state index contributed by atoms with van der Waals surface area (Å²) in [6.07, 6.45) is 1.75. The molecule has 2 rings (SSSR count). The van der Waals surface area contributed by atoms with E-state index in [2.05, 4.69) is 0 Å². The predicted octanol–water partition coefficient (Wildman–Crippen LogP) is 4.00. The molecule has 0 aromatic heterocycles. The summed E-state index contributed by atoms with van der Waals surface area (Å²) in [5.41, 5.74) is 0.224. The fraction of sp³-hybridized carbons (Fsp3) is 0.222. The molecule has 120 valence electrons. The van der Waals surface area contributed by atoms with Gasteiger partial charge in [0.05, 0.1) is 17.7 Å². The van der Waals surface area contributed by atoms with Crippen LogP contribution in [-0.2, 0) is 4.74 Å². The maximum Gasteiger partial charge on any atom is 0.346 e. The van der Waals surface area contributed by atoms with Crippen molar-refractivity contribution in [1.29, 1.82) is 0 Å². The van der Waals surface area contributed by atoms with Crippen molar-refractivity contribution in [3.8, 4) is 5.75 Å². The summed E-state index contributed by atoms with van der Waals surface area (Å²) < 4.78 is 23.7. The third-order valence-corrected chi connectivity index (χ3v) is 3.13. The zero-order valence-corrected chi connectivity index (χ0v) is 12.8. The summed E-state index contributed by atoms with van der Waals surface area (Å²) in [7, 11) is 0. The number of rotatable bonds is 6. The molecule has 23 heavy (non-hydrogen) atoms. The largest absolute Gasteiger partial charge is 0.462 e. The Labute approximate surface area is 133 Å². The first-order chi connectivity index (χ1) is 11.1. The average Bonchev–Trinajstić information content (AvgIpc) is 2.56. The standard InChI is InChI=1S/C18H17FO4/c1-2-3-12-22-17(20)13-8-10-14(11-9-13)23-18(21)15-6-4-5-7-16(15)19/h4-11H,2-3,12H2,1H3. The Morgan fingerprint density at radius 3 is 2.35 bits per heavy atom. The van der Waals surface area contributed by atoms with E-state index in [1.54, 1.807) is 6.07 Å². The maximum absolute atomic E-state index is 13.5. The topological polar surface area (TPSA) is 52.6 Å². The fourth-order valence-corrected chi connectivity index (χ4v) is 1.84. The lowest BCUT2D eigenvalue weighted by atomic mass is 10.2. The van der Waals surface area contributed by atoms with E-state index in [1.807, 2.05) is 6.92 Å². The molecule has 0 heterocycles. The van der Waals surface area contributed by atoms with Gasteiger partial charge in [0.25, 0.3) is 0 Å².